The number of ether oxygens (including phenoxy) is 1. The number of nitrogens with zero attached hydrogens (tertiary/aromatic N) is 1. The predicted octanol–water partition coefficient (Wildman–Crippen LogP) is 3.38. The number of nitrogens with two attached hydrogens (primary N) is 1. The molecule has 4 atom stereocenters. The fourth-order valence-electron chi connectivity index (χ4n) is 4.89. The number of esters is 1. The van der Waals surface area contributed by atoms with Crippen LogP contribution in [0.3, 0.4) is 0 Å². The summed E-state index contributed by atoms with van der Waals surface area (Å²) in [7, 11) is -6.97. The number of hydrogen-bond acceptors (Lipinski definition) is 8. The molecule has 3 rings (SSSR count). The molecule has 2 aromatic rings. The lowest BCUT2D eigenvalue weighted by Gasteiger charge is -2.47. The molecular formula is C27H35Cl2N3O8S2. The van der Waals surface area contributed by atoms with E-state index in [1.807, 2.05) is 10.8 Å². The van der Waals surface area contributed by atoms with Gasteiger partial charge >= 0.3 is 5.97 Å². The van der Waals surface area contributed by atoms with Gasteiger partial charge in [-0.15, -0.1) is 0 Å². The highest BCUT2D eigenvalue weighted by atomic mass is 35.5. The normalized spacial score (nSPS) is 19.7. The number of carbonyl (C=O) groups is 3. The highest BCUT2D eigenvalue weighted by molar-refractivity contribution is 7.89. The highest BCUT2D eigenvalue weighted by Crippen LogP contribution is 2.47. The average Bonchev–Trinajstić information content (AvgIpc) is 2.85. The monoisotopic (exact) mass is 663 g/mol. The SMILES string of the molecule is CCOC(=O)[C@H](CC)N1C(=O)[C@@H](CC(=O)NS(C)(=O)=O)C[C@H](c2cccc(Cl)c2)[C@H]1c1ccc(Cl)cc1.CS(N)(=O)=O. The predicted molar refractivity (Wildman–Crippen MR) is 161 cm³/mol. The van der Waals surface area contributed by atoms with Crippen LogP contribution in [0.5, 0.6) is 0 Å². The Labute approximate surface area is 256 Å². The Bertz CT molecular complexity index is 1480. The zero-order valence-electron chi connectivity index (χ0n) is 23.6. The molecule has 11 nitrogen and oxygen atoms in total. The van der Waals surface area contributed by atoms with Crippen LogP contribution < -0.4 is 9.86 Å². The van der Waals surface area contributed by atoms with E-state index in [1.54, 1.807) is 56.3 Å². The molecule has 2 amide bonds. The van der Waals surface area contributed by atoms with E-state index in [-0.39, 0.29) is 31.8 Å². The second-order valence-electron chi connectivity index (χ2n) is 9.84. The summed E-state index contributed by atoms with van der Waals surface area (Å²) >= 11 is 12.5. The first-order valence-electron chi connectivity index (χ1n) is 12.9. The molecule has 42 heavy (non-hydrogen) atoms. The molecule has 1 aliphatic rings. The summed E-state index contributed by atoms with van der Waals surface area (Å²) < 4.78 is 49.3. The van der Waals surface area contributed by atoms with Crippen molar-refractivity contribution in [2.24, 2.45) is 11.1 Å². The lowest BCUT2D eigenvalue weighted by Crippen LogP contribution is -2.55. The molecule has 1 saturated heterocycles. The Balaban J connectivity index is 0.00000113. The maximum Gasteiger partial charge on any atom is 0.328 e. The largest absolute Gasteiger partial charge is 0.464 e. The zero-order chi connectivity index (χ0) is 31.8. The van der Waals surface area contributed by atoms with Crippen LogP contribution in [0.4, 0.5) is 0 Å². The average molecular weight is 665 g/mol. The molecule has 0 aromatic heterocycles. The Morgan fingerprint density at radius 3 is 2.12 bits per heavy atom. The molecule has 0 bridgehead atoms. The molecule has 1 aliphatic heterocycles. The van der Waals surface area contributed by atoms with Gasteiger partial charge < -0.3 is 9.64 Å². The number of primary sulfonamides is 1. The van der Waals surface area contributed by atoms with Gasteiger partial charge in [-0.1, -0.05) is 54.4 Å². The summed E-state index contributed by atoms with van der Waals surface area (Å²) in [4.78, 5) is 41.1. The molecule has 1 heterocycles. The molecule has 0 radical (unpaired) electrons. The van der Waals surface area contributed by atoms with Gasteiger partial charge in [0.1, 0.15) is 6.04 Å². The number of nitrogens with one attached hydrogen (secondary N) is 1. The van der Waals surface area contributed by atoms with Crippen molar-refractivity contribution in [3.05, 3.63) is 69.7 Å². The number of amides is 2. The fraction of sp³-hybridized carbons (Fsp3) is 0.444. The minimum Gasteiger partial charge on any atom is -0.464 e. The van der Waals surface area contributed by atoms with Gasteiger partial charge in [-0.2, -0.15) is 0 Å². The summed E-state index contributed by atoms with van der Waals surface area (Å²) in [6, 6.07) is 12.7. The Morgan fingerprint density at radius 2 is 1.62 bits per heavy atom. The van der Waals surface area contributed by atoms with Crippen LogP contribution in [0.2, 0.25) is 10.0 Å². The van der Waals surface area contributed by atoms with E-state index in [4.69, 9.17) is 27.9 Å². The van der Waals surface area contributed by atoms with Crippen LogP contribution in [0.25, 0.3) is 0 Å². The van der Waals surface area contributed by atoms with Crippen molar-refractivity contribution in [3.8, 4) is 0 Å². The minimum atomic E-state index is -3.80. The molecule has 1 fully saturated rings. The zero-order valence-corrected chi connectivity index (χ0v) is 26.8. The Hall–Kier alpha value is -2.71. The number of sulfonamides is 2. The lowest BCUT2D eigenvalue weighted by atomic mass is 9.74. The van der Waals surface area contributed by atoms with Crippen LogP contribution in [-0.4, -0.2) is 64.7 Å². The smallest absolute Gasteiger partial charge is 0.328 e. The first kappa shape index (κ1) is 35.5. The van der Waals surface area contributed by atoms with E-state index in [2.05, 4.69) is 5.14 Å². The minimum absolute atomic E-state index is 0.140. The van der Waals surface area contributed by atoms with Crippen LogP contribution in [0, 0.1) is 5.92 Å². The summed E-state index contributed by atoms with van der Waals surface area (Å²) in [6.07, 6.45) is 1.97. The number of carbonyl (C=O) groups excluding carboxylic acids is 3. The van der Waals surface area contributed by atoms with Crippen molar-refractivity contribution < 1.29 is 36.0 Å². The van der Waals surface area contributed by atoms with Gasteiger partial charge in [0, 0.05) is 28.3 Å². The van der Waals surface area contributed by atoms with Crippen molar-refractivity contribution in [3.63, 3.8) is 0 Å². The van der Waals surface area contributed by atoms with Gasteiger partial charge in [-0.3, -0.25) is 14.3 Å². The molecule has 2 aromatic carbocycles. The second kappa shape index (κ2) is 15.1. The quantitative estimate of drug-likeness (QED) is 0.385. The first-order valence-corrected chi connectivity index (χ1v) is 17.5. The second-order valence-corrected chi connectivity index (χ2v) is 14.1. The van der Waals surface area contributed by atoms with E-state index < -0.39 is 55.8 Å². The molecule has 15 heteroatoms. The van der Waals surface area contributed by atoms with Gasteiger partial charge in [0.2, 0.25) is 31.9 Å². The molecular weight excluding hydrogens is 629 g/mol. The van der Waals surface area contributed by atoms with Crippen LogP contribution in [-0.2, 0) is 39.2 Å². The van der Waals surface area contributed by atoms with Crippen LogP contribution >= 0.6 is 23.2 Å². The molecule has 3 N–H and O–H groups in total. The van der Waals surface area contributed by atoms with E-state index in [9.17, 15) is 31.2 Å². The molecule has 232 valence electrons. The van der Waals surface area contributed by atoms with E-state index in [0.29, 0.717) is 10.0 Å². The number of halogens is 2. The lowest BCUT2D eigenvalue weighted by molar-refractivity contribution is -0.163. The maximum atomic E-state index is 14.0. The van der Waals surface area contributed by atoms with Gasteiger partial charge in [0.15, 0.2) is 0 Å². The molecule has 0 spiro atoms. The number of hydrogen-bond donors (Lipinski definition) is 2. The summed E-state index contributed by atoms with van der Waals surface area (Å²) in [5.41, 5.74) is 1.57. The first-order chi connectivity index (χ1) is 19.4. The van der Waals surface area contributed by atoms with Crippen molar-refractivity contribution in [2.75, 3.05) is 19.1 Å². The number of benzene rings is 2. The standard InChI is InChI=1S/C26H30Cl2N2O6S.CH5NO2S/c1-4-22(26(33)36-5-2)30-24(16-9-11-19(27)12-10-16)21(17-7-6-8-20(28)13-17)14-18(25(30)32)15-23(31)29-37(3,34)35;1-5(2,3)4/h6-13,18,21-22,24H,4-5,14-15H2,1-3H3,(H,29,31);1H3,(H2,2,3,4)/t18-,21-,22+,24-;/m1./s1. The van der Waals surface area contributed by atoms with Gasteiger partial charge in [-0.05, 0) is 55.2 Å². The number of rotatable bonds is 9. The van der Waals surface area contributed by atoms with E-state index in [1.165, 1.54) is 4.90 Å². The fourth-order valence-corrected chi connectivity index (χ4v) is 5.71. The Kier molecular flexibility index (Phi) is 12.8. The highest BCUT2D eigenvalue weighted by Gasteiger charge is 2.48. The van der Waals surface area contributed by atoms with Crippen molar-refractivity contribution >= 4 is 61.0 Å². The summed E-state index contributed by atoms with van der Waals surface area (Å²) in [6.45, 7) is 3.61. The molecule has 0 saturated carbocycles. The third-order valence-corrected chi connectivity index (χ3v) is 7.41. The van der Waals surface area contributed by atoms with Gasteiger partial charge in [0.25, 0.3) is 0 Å². The summed E-state index contributed by atoms with van der Waals surface area (Å²) in [5, 5.41) is 5.34. The number of piperidine rings is 1. The third kappa shape index (κ3) is 10.8. The van der Waals surface area contributed by atoms with Crippen molar-refractivity contribution in [2.45, 2.75) is 51.1 Å². The van der Waals surface area contributed by atoms with E-state index in [0.717, 1.165) is 23.6 Å². The van der Waals surface area contributed by atoms with E-state index >= 15 is 0 Å². The molecule has 0 aliphatic carbocycles. The maximum absolute atomic E-state index is 14.0. The van der Waals surface area contributed by atoms with Crippen molar-refractivity contribution in [1.82, 2.24) is 9.62 Å². The van der Waals surface area contributed by atoms with Crippen LogP contribution in [0.1, 0.15) is 56.2 Å². The summed E-state index contributed by atoms with van der Waals surface area (Å²) in [5.74, 6) is -3.01. The van der Waals surface area contributed by atoms with Gasteiger partial charge in [-0.25, -0.2) is 26.8 Å². The molecule has 0 unspecified atom stereocenters. The van der Waals surface area contributed by atoms with Crippen molar-refractivity contribution in [1.29, 1.82) is 0 Å². The third-order valence-electron chi connectivity index (χ3n) is 6.32. The topological polar surface area (TPSA) is 170 Å². The Morgan fingerprint density at radius 1 is 1.02 bits per heavy atom. The van der Waals surface area contributed by atoms with Crippen LogP contribution in [0.15, 0.2) is 48.5 Å². The number of likely N-dealkylation sites (tertiary alicyclic amines) is 1. The van der Waals surface area contributed by atoms with Gasteiger partial charge in [0.05, 0.1) is 25.2 Å².